The van der Waals surface area contributed by atoms with Crippen LogP contribution in [0.3, 0.4) is 0 Å². The molecule has 0 aliphatic heterocycles. The molecule has 0 atom stereocenters. The van der Waals surface area contributed by atoms with E-state index < -0.39 is 18.3 Å². The van der Waals surface area contributed by atoms with Gasteiger partial charge in [-0.15, -0.1) is 0 Å². The summed E-state index contributed by atoms with van der Waals surface area (Å²) in [7, 11) is 0. The van der Waals surface area contributed by atoms with Crippen molar-refractivity contribution in [2.24, 2.45) is 0 Å². The summed E-state index contributed by atoms with van der Waals surface area (Å²) in [5.74, 6) is -0.741. The van der Waals surface area contributed by atoms with Gasteiger partial charge in [-0.2, -0.15) is 8.78 Å². The normalized spacial score (nSPS) is 10.3. The lowest BCUT2D eigenvalue weighted by molar-refractivity contribution is -0.136. The van der Waals surface area contributed by atoms with Gasteiger partial charge in [0.05, 0.1) is 6.61 Å². The SMILES string of the molecule is CCOC(=O)C#CC(F)(F)Cc1ccccc1. The van der Waals surface area contributed by atoms with Gasteiger partial charge in [-0.05, 0) is 18.4 Å². The van der Waals surface area contributed by atoms with Crippen LogP contribution >= 0.6 is 0 Å². The van der Waals surface area contributed by atoms with E-state index in [0.29, 0.717) is 5.56 Å². The Morgan fingerprint density at radius 3 is 2.59 bits per heavy atom. The minimum atomic E-state index is -3.23. The zero-order valence-electron chi connectivity index (χ0n) is 9.37. The predicted molar refractivity (Wildman–Crippen MR) is 59.5 cm³/mol. The zero-order valence-corrected chi connectivity index (χ0v) is 9.37. The van der Waals surface area contributed by atoms with E-state index in [2.05, 4.69) is 4.74 Å². The fourth-order valence-corrected chi connectivity index (χ4v) is 1.21. The van der Waals surface area contributed by atoms with Crippen molar-refractivity contribution >= 4 is 5.97 Å². The third-order valence-electron chi connectivity index (χ3n) is 1.89. The predicted octanol–water partition coefficient (Wildman–Crippen LogP) is 2.43. The Morgan fingerprint density at radius 1 is 1.35 bits per heavy atom. The van der Waals surface area contributed by atoms with E-state index >= 15 is 0 Å². The second-order valence-corrected chi connectivity index (χ2v) is 3.34. The first-order chi connectivity index (χ1) is 8.03. The van der Waals surface area contributed by atoms with E-state index in [1.807, 2.05) is 0 Å². The van der Waals surface area contributed by atoms with Crippen molar-refractivity contribution in [2.45, 2.75) is 19.3 Å². The lowest BCUT2D eigenvalue weighted by atomic mass is 10.1. The van der Waals surface area contributed by atoms with Crippen LogP contribution < -0.4 is 0 Å². The van der Waals surface area contributed by atoms with Crippen LogP contribution in [-0.2, 0) is 16.0 Å². The number of halogens is 2. The van der Waals surface area contributed by atoms with Crippen molar-refractivity contribution in [1.82, 2.24) is 0 Å². The molecule has 0 N–H and O–H groups in total. The molecule has 90 valence electrons. The van der Waals surface area contributed by atoms with Crippen molar-refractivity contribution in [3.8, 4) is 11.8 Å². The first kappa shape index (κ1) is 13.2. The minimum absolute atomic E-state index is 0.123. The molecule has 0 bridgehead atoms. The average Bonchev–Trinajstić information content (AvgIpc) is 2.28. The van der Waals surface area contributed by atoms with Crippen molar-refractivity contribution in [2.75, 3.05) is 6.61 Å². The van der Waals surface area contributed by atoms with Crippen LogP contribution in [0.4, 0.5) is 8.78 Å². The lowest BCUT2D eigenvalue weighted by Gasteiger charge is -2.08. The molecule has 0 fully saturated rings. The van der Waals surface area contributed by atoms with Crippen LogP contribution in [0.1, 0.15) is 12.5 Å². The van der Waals surface area contributed by atoms with Gasteiger partial charge < -0.3 is 4.74 Å². The standard InChI is InChI=1S/C13H12F2O2/c1-2-17-12(16)8-9-13(14,15)10-11-6-4-3-5-7-11/h3-7H,2,10H2,1H3. The van der Waals surface area contributed by atoms with Crippen molar-refractivity contribution in [1.29, 1.82) is 0 Å². The maximum Gasteiger partial charge on any atom is 0.384 e. The number of benzene rings is 1. The second-order valence-electron chi connectivity index (χ2n) is 3.34. The van der Waals surface area contributed by atoms with Gasteiger partial charge in [0.2, 0.25) is 0 Å². The summed E-state index contributed by atoms with van der Waals surface area (Å²) in [4.78, 5) is 10.8. The van der Waals surface area contributed by atoms with Gasteiger partial charge in [-0.3, -0.25) is 0 Å². The highest BCUT2D eigenvalue weighted by Crippen LogP contribution is 2.18. The molecule has 0 heterocycles. The number of ether oxygens (including phenoxy) is 1. The summed E-state index contributed by atoms with van der Waals surface area (Å²) >= 11 is 0. The minimum Gasteiger partial charge on any atom is -0.456 e. The highest BCUT2D eigenvalue weighted by Gasteiger charge is 2.26. The topological polar surface area (TPSA) is 26.3 Å². The van der Waals surface area contributed by atoms with E-state index in [0.717, 1.165) is 0 Å². The third kappa shape index (κ3) is 5.12. The first-order valence-electron chi connectivity index (χ1n) is 5.15. The Labute approximate surface area is 98.6 Å². The molecule has 0 radical (unpaired) electrons. The molecule has 0 saturated carbocycles. The lowest BCUT2D eigenvalue weighted by Crippen LogP contribution is -2.17. The van der Waals surface area contributed by atoms with Crippen molar-refractivity contribution in [3.63, 3.8) is 0 Å². The van der Waals surface area contributed by atoms with E-state index in [4.69, 9.17) is 0 Å². The quantitative estimate of drug-likeness (QED) is 0.459. The summed E-state index contributed by atoms with van der Waals surface area (Å²) in [6, 6.07) is 8.25. The van der Waals surface area contributed by atoms with Gasteiger partial charge >= 0.3 is 11.9 Å². The molecule has 1 aromatic rings. The maximum atomic E-state index is 13.3. The maximum absolute atomic E-state index is 13.3. The van der Waals surface area contributed by atoms with E-state index in [-0.39, 0.29) is 6.61 Å². The zero-order chi connectivity index (χ0) is 12.7. The molecule has 0 spiro atoms. The molecule has 1 rings (SSSR count). The van der Waals surface area contributed by atoms with Crippen LogP contribution in [0.25, 0.3) is 0 Å². The van der Waals surface area contributed by atoms with Gasteiger partial charge in [-0.25, -0.2) is 4.79 Å². The van der Waals surface area contributed by atoms with Gasteiger partial charge in [0.1, 0.15) is 0 Å². The highest BCUT2D eigenvalue weighted by atomic mass is 19.3. The Kier molecular flexibility index (Phi) is 4.65. The largest absolute Gasteiger partial charge is 0.456 e. The fraction of sp³-hybridized carbons (Fsp3) is 0.308. The van der Waals surface area contributed by atoms with Gasteiger partial charge in [-0.1, -0.05) is 30.3 Å². The smallest absolute Gasteiger partial charge is 0.384 e. The van der Waals surface area contributed by atoms with E-state index in [1.165, 1.54) is 0 Å². The Hall–Kier alpha value is -1.89. The Balaban J connectivity index is 2.66. The Bertz CT molecular complexity index is 430. The molecule has 0 aliphatic rings. The van der Waals surface area contributed by atoms with Crippen molar-refractivity contribution in [3.05, 3.63) is 35.9 Å². The number of hydrogen-bond donors (Lipinski definition) is 0. The Morgan fingerprint density at radius 2 is 2.00 bits per heavy atom. The van der Waals surface area contributed by atoms with Crippen molar-refractivity contribution < 1.29 is 18.3 Å². The number of carbonyl (C=O) groups excluding carboxylic acids is 1. The summed E-state index contributed by atoms with van der Waals surface area (Å²) in [6.45, 7) is 1.71. The third-order valence-corrected chi connectivity index (χ3v) is 1.89. The number of hydrogen-bond acceptors (Lipinski definition) is 2. The molecule has 0 aliphatic carbocycles. The molecule has 4 heteroatoms. The summed E-state index contributed by atoms with van der Waals surface area (Å²) in [5.41, 5.74) is 0.468. The summed E-state index contributed by atoms with van der Waals surface area (Å²) in [6.07, 6.45) is -0.514. The molecular weight excluding hydrogens is 226 g/mol. The summed E-state index contributed by atoms with van der Waals surface area (Å²) in [5, 5.41) is 0. The summed E-state index contributed by atoms with van der Waals surface area (Å²) < 4.78 is 31.1. The number of rotatable bonds is 3. The molecule has 0 amide bonds. The molecular formula is C13H12F2O2. The molecule has 0 saturated heterocycles. The van der Waals surface area contributed by atoms with Crippen LogP contribution in [-0.4, -0.2) is 18.5 Å². The average molecular weight is 238 g/mol. The molecule has 0 unspecified atom stereocenters. The number of alkyl halides is 2. The molecule has 2 nitrogen and oxygen atoms in total. The number of esters is 1. The fourth-order valence-electron chi connectivity index (χ4n) is 1.21. The van der Waals surface area contributed by atoms with Crippen LogP contribution in [0, 0.1) is 11.8 Å². The molecule has 17 heavy (non-hydrogen) atoms. The second kappa shape index (κ2) is 6.00. The van der Waals surface area contributed by atoms with Gasteiger partial charge in [0.25, 0.3) is 0 Å². The molecule has 0 aromatic heterocycles. The van der Waals surface area contributed by atoms with Crippen LogP contribution in [0.15, 0.2) is 30.3 Å². The van der Waals surface area contributed by atoms with Gasteiger partial charge in [0, 0.05) is 12.3 Å². The first-order valence-corrected chi connectivity index (χ1v) is 5.15. The van der Waals surface area contributed by atoms with E-state index in [1.54, 1.807) is 49.1 Å². The molecule has 1 aromatic carbocycles. The van der Waals surface area contributed by atoms with Crippen LogP contribution in [0.2, 0.25) is 0 Å². The highest BCUT2D eigenvalue weighted by molar-refractivity contribution is 5.88. The van der Waals surface area contributed by atoms with Gasteiger partial charge in [0.15, 0.2) is 0 Å². The van der Waals surface area contributed by atoms with Crippen LogP contribution in [0.5, 0.6) is 0 Å². The number of carbonyl (C=O) groups is 1. The van der Waals surface area contributed by atoms with E-state index in [9.17, 15) is 13.6 Å². The monoisotopic (exact) mass is 238 g/mol.